The van der Waals surface area contributed by atoms with Crippen LogP contribution in [0.5, 0.6) is 5.75 Å². The third kappa shape index (κ3) is 4.31. The van der Waals surface area contributed by atoms with Gasteiger partial charge in [-0.15, -0.1) is 0 Å². The first-order chi connectivity index (χ1) is 8.58. The molecule has 1 rings (SSSR count). The Morgan fingerprint density at radius 1 is 1.33 bits per heavy atom. The minimum absolute atomic E-state index is 0.537. The summed E-state index contributed by atoms with van der Waals surface area (Å²) in [5, 5.41) is 3.16. The van der Waals surface area contributed by atoms with Gasteiger partial charge >= 0.3 is 0 Å². The molecule has 1 N–H and O–H groups in total. The maximum absolute atomic E-state index is 5.50. The third-order valence-electron chi connectivity index (χ3n) is 3.16. The lowest BCUT2D eigenvalue weighted by molar-refractivity contribution is 0.318. The zero-order valence-electron chi connectivity index (χ0n) is 12.3. The van der Waals surface area contributed by atoms with Crippen molar-refractivity contribution in [1.82, 2.24) is 10.2 Å². The predicted octanol–water partition coefficient (Wildman–Crippen LogP) is 2.47. The number of likely N-dealkylation sites (N-methyl/N-ethyl adjacent to an activating group) is 2. The average molecular weight is 250 g/mol. The molecule has 0 atom stereocenters. The first kappa shape index (κ1) is 15.0. The lowest BCUT2D eigenvalue weighted by Crippen LogP contribution is -2.27. The number of hydrogen-bond acceptors (Lipinski definition) is 3. The summed E-state index contributed by atoms with van der Waals surface area (Å²) in [5.74, 6) is 1.53. The topological polar surface area (TPSA) is 24.5 Å². The van der Waals surface area contributed by atoms with E-state index in [1.54, 1.807) is 7.11 Å². The highest BCUT2D eigenvalue weighted by Crippen LogP contribution is 2.25. The summed E-state index contributed by atoms with van der Waals surface area (Å²) < 4.78 is 5.50. The van der Waals surface area contributed by atoms with Crippen LogP contribution in [0.2, 0.25) is 0 Å². The minimum Gasteiger partial charge on any atom is -0.496 e. The molecule has 0 amide bonds. The Balaban J connectivity index is 2.76. The van der Waals surface area contributed by atoms with E-state index in [1.807, 2.05) is 7.05 Å². The second-order valence-electron chi connectivity index (χ2n) is 5.07. The van der Waals surface area contributed by atoms with Gasteiger partial charge in [0.2, 0.25) is 0 Å². The largest absolute Gasteiger partial charge is 0.496 e. The van der Waals surface area contributed by atoms with E-state index in [9.17, 15) is 0 Å². The van der Waals surface area contributed by atoms with Crippen molar-refractivity contribution in [2.45, 2.75) is 26.3 Å². The molecule has 0 aromatic heterocycles. The molecule has 1 aromatic carbocycles. The molecule has 0 fully saturated rings. The SMILES string of the molecule is CNCCN(C)Cc1ccc(C(C)C)cc1OC. The number of benzene rings is 1. The van der Waals surface area contributed by atoms with E-state index in [0.29, 0.717) is 5.92 Å². The van der Waals surface area contributed by atoms with E-state index < -0.39 is 0 Å². The number of nitrogens with zero attached hydrogens (tertiary/aromatic N) is 1. The van der Waals surface area contributed by atoms with E-state index in [0.717, 1.165) is 25.4 Å². The van der Waals surface area contributed by atoms with Crippen LogP contribution in [0.1, 0.15) is 30.9 Å². The van der Waals surface area contributed by atoms with Crippen molar-refractivity contribution in [2.24, 2.45) is 0 Å². The van der Waals surface area contributed by atoms with E-state index >= 15 is 0 Å². The molecule has 3 heteroatoms. The lowest BCUT2D eigenvalue weighted by Gasteiger charge is -2.19. The van der Waals surface area contributed by atoms with Crippen molar-refractivity contribution in [2.75, 3.05) is 34.3 Å². The molecule has 18 heavy (non-hydrogen) atoms. The molecule has 0 saturated carbocycles. The first-order valence-electron chi connectivity index (χ1n) is 6.58. The van der Waals surface area contributed by atoms with Crippen LogP contribution in [0.15, 0.2) is 18.2 Å². The Bertz CT molecular complexity index is 364. The van der Waals surface area contributed by atoms with E-state index in [4.69, 9.17) is 4.74 Å². The fraction of sp³-hybridized carbons (Fsp3) is 0.600. The Morgan fingerprint density at radius 2 is 2.06 bits per heavy atom. The summed E-state index contributed by atoms with van der Waals surface area (Å²) in [6, 6.07) is 6.55. The highest BCUT2D eigenvalue weighted by molar-refractivity contribution is 5.38. The van der Waals surface area contributed by atoms with Gasteiger partial charge in [-0.2, -0.15) is 0 Å². The van der Waals surface area contributed by atoms with E-state index in [-0.39, 0.29) is 0 Å². The maximum Gasteiger partial charge on any atom is 0.123 e. The van der Waals surface area contributed by atoms with Crippen LogP contribution in [-0.4, -0.2) is 39.2 Å². The molecule has 0 aliphatic heterocycles. The van der Waals surface area contributed by atoms with Gasteiger partial charge in [-0.05, 0) is 31.6 Å². The van der Waals surface area contributed by atoms with Crippen molar-refractivity contribution in [3.8, 4) is 5.75 Å². The van der Waals surface area contributed by atoms with Gasteiger partial charge in [0.05, 0.1) is 7.11 Å². The molecule has 0 unspecified atom stereocenters. The second kappa shape index (κ2) is 7.39. The summed E-state index contributed by atoms with van der Waals surface area (Å²) in [4.78, 5) is 2.30. The summed E-state index contributed by atoms with van der Waals surface area (Å²) in [6.07, 6.45) is 0. The highest BCUT2D eigenvalue weighted by Gasteiger charge is 2.08. The van der Waals surface area contributed by atoms with Crippen LogP contribution in [0.4, 0.5) is 0 Å². The second-order valence-corrected chi connectivity index (χ2v) is 5.07. The third-order valence-corrected chi connectivity index (χ3v) is 3.16. The molecule has 0 heterocycles. The smallest absolute Gasteiger partial charge is 0.123 e. The monoisotopic (exact) mass is 250 g/mol. The van der Waals surface area contributed by atoms with Crippen molar-refractivity contribution < 1.29 is 4.74 Å². The van der Waals surface area contributed by atoms with Crippen LogP contribution in [0, 0.1) is 0 Å². The molecule has 102 valence electrons. The molecule has 0 aliphatic carbocycles. The fourth-order valence-electron chi connectivity index (χ4n) is 1.92. The molecular weight excluding hydrogens is 224 g/mol. The molecule has 1 aromatic rings. The van der Waals surface area contributed by atoms with Crippen molar-refractivity contribution in [3.63, 3.8) is 0 Å². The predicted molar refractivity (Wildman–Crippen MR) is 77.3 cm³/mol. The van der Waals surface area contributed by atoms with Gasteiger partial charge in [-0.25, -0.2) is 0 Å². The highest BCUT2D eigenvalue weighted by atomic mass is 16.5. The van der Waals surface area contributed by atoms with Crippen LogP contribution >= 0.6 is 0 Å². The minimum atomic E-state index is 0.537. The van der Waals surface area contributed by atoms with Gasteiger partial charge in [-0.3, -0.25) is 0 Å². The van der Waals surface area contributed by atoms with Crippen LogP contribution in [0.25, 0.3) is 0 Å². The van der Waals surface area contributed by atoms with Gasteiger partial charge in [0, 0.05) is 25.2 Å². The van der Waals surface area contributed by atoms with Crippen LogP contribution in [0.3, 0.4) is 0 Å². The average Bonchev–Trinajstić information content (AvgIpc) is 2.36. The summed E-state index contributed by atoms with van der Waals surface area (Å²) >= 11 is 0. The van der Waals surface area contributed by atoms with Crippen molar-refractivity contribution >= 4 is 0 Å². The number of nitrogens with one attached hydrogen (secondary N) is 1. The molecule has 0 bridgehead atoms. The van der Waals surface area contributed by atoms with Gasteiger partial charge < -0.3 is 15.0 Å². The molecule has 0 radical (unpaired) electrons. The fourth-order valence-corrected chi connectivity index (χ4v) is 1.92. The van der Waals surface area contributed by atoms with Gasteiger partial charge in [0.25, 0.3) is 0 Å². The quantitative estimate of drug-likeness (QED) is 0.804. The number of hydrogen-bond donors (Lipinski definition) is 1. The zero-order valence-corrected chi connectivity index (χ0v) is 12.3. The van der Waals surface area contributed by atoms with Crippen molar-refractivity contribution in [1.29, 1.82) is 0 Å². The first-order valence-corrected chi connectivity index (χ1v) is 6.58. The van der Waals surface area contributed by atoms with Gasteiger partial charge in [0.15, 0.2) is 0 Å². The molecular formula is C15H26N2O. The number of ether oxygens (including phenoxy) is 1. The van der Waals surface area contributed by atoms with Gasteiger partial charge in [-0.1, -0.05) is 26.0 Å². The zero-order chi connectivity index (χ0) is 13.5. The molecule has 0 spiro atoms. The molecule has 0 aliphatic rings. The van der Waals surface area contributed by atoms with Crippen molar-refractivity contribution in [3.05, 3.63) is 29.3 Å². The Kier molecular flexibility index (Phi) is 6.16. The van der Waals surface area contributed by atoms with Gasteiger partial charge in [0.1, 0.15) is 5.75 Å². The van der Waals surface area contributed by atoms with Crippen LogP contribution < -0.4 is 10.1 Å². The normalized spacial score (nSPS) is 11.3. The summed E-state index contributed by atoms with van der Waals surface area (Å²) in [7, 11) is 5.86. The Hall–Kier alpha value is -1.06. The Labute approximate surface area is 111 Å². The summed E-state index contributed by atoms with van der Waals surface area (Å²) in [5.41, 5.74) is 2.58. The van der Waals surface area contributed by atoms with E-state index in [1.165, 1.54) is 11.1 Å². The lowest BCUT2D eigenvalue weighted by atomic mass is 10.0. The molecule has 3 nitrogen and oxygen atoms in total. The molecule has 0 saturated heterocycles. The Morgan fingerprint density at radius 3 is 2.61 bits per heavy atom. The standard InChI is InChI=1S/C15H26N2O/c1-12(2)13-6-7-14(15(10-13)18-5)11-17(4)9-8-16-3/h6-7,10,12,16H,8-9,11H2,1-5H3. The summed E-state index contributed by atoms with van der Waals surface area (Å²) in [6.45, 7) is 7.36. The maximum atomic E-state index is 5.50. The van der Waals surface area contributed by atoms with E-state index in [2.05, 4.69) is 49.3 Å². The number of rotatable bonds is 7. The number of methoxy groups -OCH3 is 1. The van der Waals surface area contributed by atoms with Crippen LogP contribution in [-0.2, 0) is 6.54 Å².